The van der Waals surface area contributed by atoms with Crippen molar-refractivity contribution in [1.82, 2.24) is 15.2 Å². The van der Waals surface area contributed by atoms with Crippen LogP contribution in [0.3, 0.4) is 0 Å². The minimum Gasteiger partial charge on any atom is -0.453 e. The van der Waals surface area contributed by atoms with E-state index in [9.17, 15) is 0 Å². The van der Waals surface area contributed by atoms with Crippen LogP contribution in [0.4, 0.5) is 0 Å². The summed E-state index contributed by atoms with van der Waals surface area (Å²) in [7, 11) is 0. The Hall–Kier alpha value is -7.21. The largest absolute Gasteiger partial charge is 0.453 e. The third kappa shape index (κ3) is 5.32. The summed E-state index contributed by atoms with van der Waals surface area (Å²) in [5.41, 5.74) is 12.7. The summed E-state index contributed by atoms with van der Waals surface area (Å²) in [4.78, 5) is 5.25. The molecule has 5 nitrogen and oxygen atoms in total. The monoisotopic (exact) mass is 720 g/mol. The van der Waals surface area contributed by atoms with Gasteiger partial charge in [0.1, 0.15) is 23.8 Å². The smallest absolute Gasteiger partial charge is 0.159 e. The van der Waals surface area contributed by atoms with Gasteiger partial charge in [-0.2, -0.15) is 0 Å². The molecule has 56 heavy (non-hydrogen) atoms. The summed E-state index contributed by atoms with van der Waals surface area (Å²) in [5.74, 6) is 0.844. The van der Waals surface area contributed by atoms with Crippen molar-refractivity contribution >= 4 is 49.6 Å². The highest BCUT2D eigenvalue weighted by Crippen LogP contribution is 2.44. The highest BCUT2D eigenvalue weighted by Gasteiger charge is 2.26. The van der Waals surface area contributed by atoms with Crippen molar-refractivity contribution in [2.75, 3.05) is 0 Å². The van der Waals surface area contributed by atoms with Crippen LogP contribution in [0.15, 0.2) is 204 Å². The number of furan rings is 1. The predicted octanol–water partition coefficient (Wildman–Crippen LogP) is 12.4. The summed E-state index contributed by atoms with van der Waals surface area (Å²) in [6.07, 6.45) is -0.332. The Morgan fingerprint density at radius 1 is 0.464 bits per heavy atom. The van der Waals surface area contributed by atoms with Crippen LogP contribution < -0.4 is 10.6 Å². The average molecular weight is 721 g/mol. The molecule has 0 fully saturated rings. The number of hydrogen-bond acceptors (Lipinski definition) is 4. The van der Waals surface area contributed by atoms with Crippen LogP contribution in [-0.2, 0) is 0 Å². The molecule has 0 saturated carbocycles. The Balaban J connectivity index is 1.12. The maximum Gasteiger partial charge on any atom is 0.159 e. The van der Waals surface area contributed by atoms with Crippen LogP contribution in [0.2, 0.25) is 0 Å². The molecule has 0 bridgehead atoms. The molecule has 10 aromatic rings. The van der Waals surface area contributed by atoms with E-state index in [-0.39, 0.29) is 12.3 Å². The SMILES string of the molecule is c1ccc(-c2ccc(-c3cccc(C4=NC(c5ccccc5)NC(c5ccccc5)N4)c3)c3c2oc2c(-n4c5ccccc5c5ccccc54)cccc23)cc1. The lowest BCUT2D eigenvalue weighted by atomic mass is 9.93. The molecular weight excluding hydrogens is 685 g/mol. The third-order valence-corrected chi connectivity index (χ3v) is 11.1. The van der Waals surface area contributed by atoms with Gasteiger partial charge in [0.2, 0.25) is 0 Å². The number of nitrogens with one attached hydrogen (secondary N) is 2. The molecule has 0 amide bonds. The lowest BCUT2D eigenvalue weighted by Crippen LogP contribution is -2.44. The van der Waals surface area contributed by atoms with E-state index in [2.05, 4.69) is 203 Å². The fraction of sp³-hybridized carbons (Fsp3) is 0.0392. The Labute approximate surface area is 324 Å². The topological polar surface area (TPSA) is 54.5 Å². The quantitative estimate of drug-likeness (QED) is 0.180. The van der Waals surface area contributed by atoms with Gasteiger partial charge in [-0.15, -0.1) is 0 Å². The van der Waals surface area contributed by atoms with E-state index < -0.39 is 0 Å². The second-order valence-electron chi connectivity index (χ2n) is 14.4. The number of amidine groups is 1. The molecule has 2 aromatic heterocycles. The number of aliphatic imine (C=N–C) groups is 1. The van der Waals surface area contributed by atoms with Crippen LogP contribution >= 0.6 is 0 Å². The number of benzene rings is 8. The average Bonchev–Trinajstić information content (AvgIpc) is 3.84. The maximum atomic E-state index is 7.16. The zero-order chi connectivity index (χ0) is 37.0. The molecule has 1 aliphatic rings. The standard InChI is InChI=1S/C51H36N4O/c1-4-16-33(17-5-1)39-31-30-38(36-22-14-23-37(32-36)51-53-49(34-18-6-2-7-19-34)52-50(54-51)35-20-8-3-9-21-35)46-42-26-15-29-45(47(42)56-48(39)46)55-43-27-12-10-24-40(43)41-25-11-13-28-44(41)55/h1-32,49-50,52H,(H,53,54). The van der Waals surface area contributed by atoms with E-state index >= 15 is 0 Å². The summed E-state index contributed by atoms with van der Waals surface area (Å²) in [5, 5.41) is 12.0. The van der Waals surface area contributed by atoms with Crippen molar-refractivity contribution in [2.24, 2.45) is 4.99 Å². The number of hydrogen-bond donors (Lipinski definition) is 2. The van der Waals surface area contributed by atoms with Gasteiger partial charge in [0, 0.05) is 32.7 Å². The van der Waals surface area contributed by atoms with Crippen LogP contribution in [0.5, 0.6) is 0 Å². The Morgan fingerprint density at radius 2 is 1.04 bits per heavy atom. The summed E-state index contributed by atoms with van der Waals surface area (Å²) < 4.78 is 9.51. The van der Waals surface area contributed by atoms with Crippen LogP contribution in [-0.4, -0.2) is 10.4 Å². The molecule has 266 valence electrons. The molecule has 1 aliphatic heterocycles. The summed E-state index contributed by atoms with van der Waals surface area (Å²) >= 11 is 0. The molecule has 0 radical (unpaired) electrons. The number of para-hydroxylation sites is 3. The molecule has 2 atom stereocenters. The van der Waals surface area contributed by atoms with Crippen molar-refractivity contribution < 1.29 is 4.42 Å². The highest BCUT2D eigenvalue weighted by atomic mass is 16.3. The Kier molecular flexibility index (Phi) is 7.64. The van der Waals surface area contributed by atoms with Gasteiger partial charge in [0.15, 0.2) is 5.58 Å². The third-order valence-electron chi connectivity index (χ3n) is 11.1. The zero-order valence-electron chi connectivity index (χ0n) is 30.4. The molecule has 2 unspecified atom stereocenters. The second kappa shape index (κ2) is 13.3. The van der Waals surface area contributed by atoms with Gasteiger partial charge >= 0.3 is 0 Å². The van der Waals surface area contributed by atoms with Gasteiger partial charge in [0.25, 0.3) is 0 Å². The number of aromatic nitrogens is 1. The van der Waals surface area contributed by atoms with E-state index in [4.69, 9.17) is 9.41 Å². The molecule has 2 N–H and O–H groups in total. The van der Waals surface area contributed by atoms with Crippen molar-refractivity contribution in [1.29, 1.82) is 0 Å². The molecule has 5 heteroatoms. The fourth-order valence-corrected chi connectivity index (χ4v) is 8.49. The van der Waals surface area contributed by atoms with Gasteiger partial charge in [-0.1, -0.05) is 164 Å². The molecular formula is C51H36N4O. The maximum absolute atomic E-state index is 7.16. The number of fused-ring (bicyclic) bond motifs is 6. The first-order valence-electron chi connectivity index (χ1n) is 19.1. The first-order chi connectivity index (χ1) is 27.8. The predicted molar refractivity (Wildman–Crippen MR) is 230 cm³/mol. The van der Waals surface area contributed by atoms with E-state index in [1.807, 2.05) is 6.07 Å². The lowest BCUT2D eigenvalue weighted by molar-refractivity contribution is 0.409. The normalized spacial score (nSPS) is 15.7. The molecule has 0 aliphatic carbocycles. The van der Waals surface area contributed by atoms with Crippen LogP contribution in [0, 0.1) is 0 Å². The molecule has 8 aromatic carbocycles. The first kappa shape index (κ1) is 32.2. The van der Waals surface area contributed by atoms with Crippen LogP contribution in [0.25, 0.3) is 71.7 Å². The van der Waals surface area contributed by atoms with Crippen molar-refractivity contribution in [2.45, 2.75) is 12.3 Å². The molecule has 3 heterocycles. The molecule has 0 saturated heterocycles. The van der Waals surface area contributed by atoms with Gasteiger partial charge in [-0.3, -0.25) is 5.32 Å². The first-order valence-corrected chi connectivity index (χ1v) is 19.1. The zero-order valence-corrected chi connectivity index (χ0v) is 30.4. The van der Waals surface area contributed by atoms with E-state index in [1.165, 1.54) is 10.8 Å². The van der Waals surface area contributed by atoms with E-state index in [0.29, 0.717) is 0 Å². The van der Waals surface area contributed by atoms with Crippen molar-refractivity contribution in [3.63, 3.8) is 0 Å². The van der Waals surface area contributed by atoms with E-state index in [0.717, 1.165) is 83.4 Å². The van der Waals surface area contributed by atoms with Gasteiger partial charge in [-0.25, -0.2) is 4.99 Å². The lowest BCUT2D eigenvalue weighted by Gasteiger charge is -2.32. The van der Waals surface area contributed by atoms with Crippen molar-refractivity contribution in [3.8, 4) is 27.9 Å². The van der Waals surface area contributed by atoms with Crippen LogP contribution in [0.1, 0.15) is 29.0 Å². The van der Waals surface area contributed by atoms with Gasteiger partial charge < -0.3 is 14.3 Å². The number of nitrogens with zero attached hydrogens (tertiary/aromatic N) is 2. The minimum atomic E-state index is -0.213. The Bertz CT molecular complexity index is 3040. The Morgan fingerprint density at radius 3 is 1.77 bits per heavy atom. The molecule has 11 rings (SSSR count). The van der Waals surface area contributed by atoms with Crippen molar-refractivity contribution in [3.05, 3.63) is 211 Å². The van der Waals surface area contributed by atoms with Gasteiger partial charge in [0.05, 0.1) is 16.7 Å². The number of rotatable bonds is 6. The summed E-state index contributed by atoms with van der Waals surface area (Å²) in [6, 6.07) is 68.5. The minimum absolute atomic E-state index is 0.119. The summed E-state index contributed by atoms with van der Waals surface area (Å²) in [6.45, 7) is 0. The van der Waals surface area contributed by atoms with Gasteiger partial charge in [-0.05, 0) is 58.1 Å². The molecule has 0 spiro atoms. The highest BCUT2D eigenvalue weighted by molar-refractivity contribution is 6.19. The fourth-order valence-electron chi connectivity index (χ4n) is 8.49. The van der Waals surface area contributed by atoms with E-state index in [1.54, 1.807) is 0 Å². The second-order valence-corrected chi connectivity index (χ2v) is 14.4.